The molecular weight excluding hydrogens is 392 g/mol. The van der Waals surface area contributed by atoms with Gasteiger partial charge in [-0.2, -0.15) is 0 Å². The summed E-state index contributed by atoms with van der Waals surface area (Å²) in [6.07, 6.45) is 0. The summed E-state index contributed by atoms with van der Waals surface area (Å²) in [5.41, 5.74) is 2.83. The van der Waals surface area contributed by atoms with E-state index < -0.39 is 0 Å². The summed E-state index contributed by atoms with van der Waals surface area (Å²) in [5.74, 6) is 0.726. The highest BCUT2D eigenvalue weighted by Crippen LogP contribution is 2.32. The standard InChI is InChI=1S/C25H22N2O4/c1-30-20-12-8-17(9-13-20)16-27-24(28)22(18-6-4-3-5-7-18)23(25(27)29)26-19-10-14-21(31-2)15-11-19/h3-15,26H,16H2,1-2H3. The van der Waals surface area contributed by atoms with Gasteiger partial charge in [0.05, 0.1) is 26.3 Å². The summed E-state index contributed by atoms with van der Waals surface area (Å²) in [6.45, 7) is 0.172. The molecule has 6 heteroatoms. The first kappa shape index (κ1) is 20.2. The van der Waals surface area contributed by atoms with Crippen LogP contribution in [0, 0.1) is 0 Å². The molecule has 4 rings (SSSR count). The fourth-order valence-electron chi connectivity index (χ4n) is 3.44. The zero-order chi connectivity index (χ0) is 21.8. The first-order valence-electron chi connectivity index (χ1n) is 9.80. The number of nitrogens with one attached hydrogen (secondary N) is 1. The lowest BCUT2D eigenvalue weighted by Crippen LogP contribution is -2.32. The molecule has 1 aliphatic heterocycles. The number of methoxy groups -OCH3 is 2. The maximum absolute atomic E-state index is 13.3. The van der Waals surface area contributed by atoms with Gasteiger partial charge < -0.3 is 14.8 Å². The van der Waals surface area contributed by atoms with E-state index in [1.54, 1.807) is 38.5 Å². The summed E-state index contributed by atoms with van der Waals surface area (Å²) >= 11 is 0. The number of ether oxygens (including phenoxy) is 2. The van der Waals surface area contributed by atoms with Gasteiger partial charge in [-0.15, -0.1) is 0 Å². The van der Waals surface area contributed by atoms with E-state index in [1.807, 2.05) is 54.6 Å². The molecule has 0 aromatic heterocycles. The molecule has 0 fully saturated rings. The van der Waals surface area contributed by atoms with Gasteiger partial charge in [0.1, 0.15) is 17.2 Å². The third kappa shape index (κ3) is 4.14. The summed E-state index contributed by atoms with van der Waals surface area (Å²) in [5, 5.41) is 3.15. The number of nitrogens with zero attached hydrogens (tertiary/aromatic N) is 1. The van der Waals surface area contributed by atoms with Crippen LogP contribution < -0.4 is 14.8 Å². The number of carbonyl (C=O) groups excluding carboxylic acids is 2. The minimum atomic E-state index is -0.365. The highest BCUT2D eigenvalue weighted by atomic mass is 16.5. The lowest BCUT2D eigenvalue weighted by Gasteiger charge is -2.16. The zero-order valence-corrected chi connectivity index (χ0v) is 17.3. The minimum absolute atomic E-state index is 0.172. The fourth-order valence-corrected chi connectivity index (χ4v) is 3.44. The van der Waals surface area contributed by atoms with E-state index in [2.05, 4.69) is 5.32 Å². The Morgan fingerprint density at radius 3 is 1.90 bits per heavy atom. The van der Waals surface area contributed by atoms with Crippen LogP contribution in [-0.2, 0) is 16.1 Å². The lowest BCUT2D eigenvalue weighted by molar-refractivity contribution is -0.137. The maximum atomic E-state index is 13.3. The van der Waals surface area contributed by atoms with E-state index >= 15 is 0 Å². The molecule has 0 bridgehead atoms. The number of hydrogen-bond acceptors (Lipinski definition) is 5. The van der Waals surface area contributed by atoms with Crippen molar-refractivity contribution in [2.45, 2.75) is 6.54 Å². The maximum Gasteiger partial charge on any atom is 0.278 e. The van der Waals surface area contributed by atoms with Crippen LogP contribution >= 0.6 is 0 Å². The van der Waals surface area contributed by atoms with Crippen molar-refractivity contribution in [3.63, 3.8) is 0 Å². The average molecular weight is 414 g/mol. The highest BCUT2D eigenvalue weighted by Gasteiger charge is 2.39. The molecule has 156 valence electrons. The Bertz CT molecular complexity index is 1120. The van der Waals surface area contributed by atoms with Gasteiger partial charge in [0.15, 0.2) is 0 Å². The molecule has 0 saturated heterocycles. The summed E-state index contributed by atoms with van der Waals surface area (Å²) in [6, 6.07) is 23.7. The predicted molar refractivity (Wildman–Crippen MR) is 119 cm³/mol. The Labute approximate surface area is 180 Å². The second-order valence-electron chi connectivity index (χ2n) is 7.01. The van der Waals surface area contributed by atoms with Crippen molar-refractivity contribution in [1.29, 1.82) is 0 Å². The topological polar surface area (TPSA) is 67.9 Å². The van der Waals surface area contributed by atoms with Gasteiger partial charge in [0.25, 0.3) is 11.8 Å². The molecule has 6 nitrogen and oxygen atoms in total. The van der Waals surface area contributed by atoms with Crippen molar-refractivity contribution in [2.24, 2.45) is 0 Å². The monoisotopic (exact) mass is 414 g/mol. The molecular formula is C25H22N2O4. The Kier molecular flexibility index (Phi) is 5.71. The molecule has 0 spiro atoms. The van der Waals surface area contributed by atoms with Crippen molar-refractivity contribution in [3.8, 4) is 11.5 Å². The van der Waals surface area contributed by atoms with Crippen LogP contribution in [0.15, 0.2) is 84.6 Å². The van der Waals surface area contributed by atoms with Crippen molar-refractivity contribution < 1.29 is 19.1 Å². The Balaban J connectivity index is 1.67. The number of anilines is 1. The Morgan fingerprint density at radius 2 is 1.32 bits per heavy atom. The second kappa shape index (κ2) is 8.75. The number of amides is 2. The summed E-state index contributed by atoms with van der Waals surface area (Å²) in [7, 11) is 3.18. The smallest absolute Gasteiger partial charge is 0.278 e. The van der Waals surface area contributed by atoms with Crippen molar-refractivity contribution in [2.75, 3.05) is 19.5 Å². The SMILES string of the molecule is COc1ccc(CN2C(=O)C(Nc3ccc(OC)cc3)=C(c3ccccc3)C2=O)cc1. The molecule has 2 amide bonds. The van der Waals surface area contributed by atoms with Crippen LogP contribution in [0.1, 0.15) is 11.1 Å². The summed E-state index contributed by atoms with van der Waals surface area (Å²) < 4.78 is 10.4. The molecule has 0 unspecified atom stereocenters. The van der Waals surface area contributed by atoms with Crippen LogP contribution in [0.2, 0.25) is 0 Å². The molecule has 0 radical (unpaired) electrons. The van der Waals surface area contributed by atoms with Crippen molar-refractivity contribution in [1.82, 2.24) is 4.90 Å². The number of rotatable bonds is 7. The molecule has 3 aromatic rings. The first-order valence-corrected chi connectivity index (χ1v) is 9.80. The molecule has 1 heterocycles. The molecule has 0 saturated carbocycles. The van der Waals surface area contributed by atoms with E-state index in [9.17, 15) is 9.59 Å². The van der Waals surface area contributed by atoms with Gasteiger partial charge >= 0.3 is 0 Å². The Morgan fingerprint density at radius 1 is 0.742 bits per heavy atom. The van der Waals surface area contributed by atoms with Crippen LogP contribution in [0.4, 0.5) is 5.69 Å². The molecule has 1 aliphatic rings. The average Bonchev–Trinajstić information content (AvgIpc) is 3.04. The lowest BCUT2D eigenvalue weighted by atomic mass is 10.0. The van der Waals surface area contributed by atoms with Gasteiger partial charge in [0.2, 0.25) is 0 Å². The number of benzene rings is 3. The molecule has 31 heavy (non-hydrogen) atoms. The molecule has 1 N–H and O–H groups in total. The Hall–Kier alpha value is -4.06. The van der Waals surface area contributed by atoms with E-state index in [1.165, 1.54) is 4.90 Å². The van der Waals surface area contributed by atoms with Crippen molar-refractivity contribution >= 4 is 23.1 Å². The van der Waals surface area contributed by atoms with Gasteiger partial charge in [-0.05, 0) is 47.5 Å². The van der Waals surface area contributed by atoms with E-state index in [0.29, 0.717) is 28.3 Å². The van der Waals surface area contributed by atoms with Gasteiger partial charge in [-0.1, -0.05) is 42.5 Å². The fraction of sp³-hybridized carbons (Fsp3) is 0.120. The summed E-state index contributed by atoms with van der Waals surface area (Å²) in [4.78, 5) is 27.9. The van der Waals surface area contributed by atoms with Crippen LogP contribution in [0.5, 0.6) is 11.5 Å². The third-order valence-corrected chi connectivity index (χ3v) is 5.09. The second-order valence-corrected chi connectivity index (χ2v) is 7.01. The van der Waals surface area contributed by atoms with Gasteiger partial charge in [0, 0.05) is 5.69 Å². The minimum Gasteiger partial charge on any atom is -0.497 e. The van der Waals surface area contributed by atoms with Crippen LogP contribution in [0.25, 0.3) is 5.57 Å². The largest absolute Gasteiger partial charge is 0.497 e. The van der Waals surface area contributed by atoms with Crippen LogP contribution in [-0.4, -0.2) is 30.9 Å². The molecule has 0 atom stereocenters. The van der Waals surface area contributed by atoms with Gasteiger partial charge in [-0.25, -0.2) is 0 Å². The van der Waals surface area contributed by atoms with E-state index in [0.717, 1.165) is 5.56 Å². The van der Waals surface area contributed by atoms with E-state index in [-0.39, 0.29) is 24.1 Å². The van der Waals surface area contributed by atoms with Crippen molar-refractivity contribution in [3.05, 3.63) is 95.7 Å². The first-order chi connectivity index (χ1) is 15.1. The third-order valence-electron chi connectivity index (χ3n) is 5.09. The normalized spacial score (nSPS) is 13.5. The predicted octanol–water partition coefficient (Wildman–Crippen LogP) is 4.10. The van der Waals surface area contributed by atoms with E-state index in [4.69, 9.17) is 9.47 Å². The highest BCUT2D eigenvalue weighted by molar-refractivity contribution is 6.36. The van der Waals surface area contributed by atoms with Crippen LogP contribution in [0.3, 0.4) is 0 Å². The number of carbonyl (C=O) groups is 2. The molecule has 3 aromatic carbocycles. The number of imide groups is 1. The molecule has 0 aliphatic carbocycles. The van der Waals surface area contributed by atoms with Gasteiger partial charge in [-0.3, -0.25) is 14.5 Å². The zero-order valence-electron chi connectivity index (χ0n) is 17.3. The quantitative estimate of drug-likeness (QED) is 0.590. The number of hydrogen-bond donors (Lipinski definition) is 1.